The molecule has 0 amide bonds. The molecule has 1 aliphatic heterocycles. The van der Waals surface area contributed by atoms with E-state index in [-0.39, 0.29) is 18.7 Å². The van der Waals surface area contributed by atoms with Crippen LogP contribution in [0.15, 0.2) is 5.18 Å². The second kappa shape index (κ2) is 3.07. The van der Waals surface area contributed by atoms with E-state index in [0.29, 0.717) is 13.0 Å². The predicted molar refractivity (Wildman–Crippen MR) is 37.7 cm³/mol. The molecule has 1 N–H and O–H groups in total. The van der Waals surface area contributed by atoms with Crippen molar-refractivity contribution in [3.8, 4) is 0 Å². The molecule has 4 nitrogen and oxygen atoms in total. The molecular weight excluding hydrogens is 132 g/mol. The number of rotatable bonds is 2. The first kappa shape index (κ1) is 7.63. The van der Waals surface area contributed by atoms with Crippen molar-refractivity contribution in [2.45, 2.75) is 18.5 Å². The van der Waals surface area contributed by atoms with Crippen LogP contribution in [0.4, 0.5) is 0 Å². The minimum Gasteiger partial charge on any atom is -0.395 e. The molecule has 1 heterocycles. The number of hydrogen-bond acceptors (Lipinski definition) is 4. The van der Waals surface area contributed by atoms with E-state index in [1.807, 2.05) is 11.9 Å². The smallest absolute Gasteiger partial charge is 0.106 e. The van der Waals surface area contributed by atoms with Gasteiger partial charge in [0.25, 0.3) is 0 Å². The predicted octanol–water partition coefficient (Wildman–Crippen LogP) is -0.182. The van der Waals surface area contributed by atoms with Crippen molar-refractivity contribution in [1.29, 1.82) is 0 Å². The first-order valence-corrected chi connectivity index (χ1v) is 3.41. The van der Waals surface area contributed by atoms with Crippen LogP contribution < -0.4 is 0 Å². The van der Waals surface area contributed by atoms with Gasteiger partial charge in [-0.05, 0) is 13.5 Å². The molecule has 0 bridgehead atoms. The molecule has 58 valence electrons. The Morgan fingerprint density at radius 1 is 1.80 bits per heavy atom. The summed E-state index contributed by atoms with van der Waals surface area (Å²) in [6, 6.07) is 0.0323. The molecular formula is C6H12N2O2. The van der Waals surface area contributed by atoms with Crippen molar-refractivity contribution in [3.63, 3.8) is 0 Å². The maximum atomic E-state index is 10.1. The summed E-state index contributed by atoms with van der Waals surface area (Å²) in [4.78, 5) is 12.0. The third-order valence-corrected chi connectivity index (χ3v) is 2.03. The van der Waals surface area contributed by atoms with Gasteiger partial charge >= 0.3 is 0 Å². The van der Waals surface area contributed by atoms with Crippen molar-refractivity contribution >= 4 is 0 Å². The highest BCUT2D eigenvalue weighted by Crippen LogP contribution is 2.17. The van der Waals surface area contributed by atoms with Crippen LogP contribution in [0.3, 0.4) is 0 Å². The third kappa shape index (κ3) is 1.33. The second-order valence-corrected chi connectivity index (χ2v) is 2.77. The van der Waals surface area contributed by atoms with E-state index in [4.69, 9.17) is 5.11 Å². The summed E-state index contributed by atoms with van der Waals surface area (Å²) in [6.45, 7) is 0.817. The van der Waals surface area contributed by atoms with Crippen molar-refractivity contribution in [2.24, 2.45) is 5.18 Å². The van der Waals surface area contributed by atoms with Crippen molar-refractivity contribution in [3.05, 3.63) is 4.91 Å². The largest absolute Gasteiger partial charge is 0.395 e. The maximum absolute atomic E-state index is 10.1. The third-order valence-electron chi connectivity index (χ3n) is 2.03. The summed E-state index contributed by atoms with van der Waals surface area (Å²) in [6.07, 6.45) is 0.705. The van der Waals surface area contributed by atoms with E-state index in [0.717, 1.165) is 0 Å². The molecule has 0 aliphatic carbocycles. The monoisotopic (exact) mass is 144 g/mol. The van der Waals surface area contributed by atoms with Crippen LogP contribution in [0.5, 0.6) is 0 Å². The standard InChI is InChI=1S/C6H12N2O2/c1-8-3-5(7-10)2-6(8)4-9/h5-6,9H,2-4H2,1H3/t5?,6-/m0/s1. The Kier molecular flexibility index (Phi) is 2.34. The Balaban J connectivity index is 2.43. The van der Waals surface area contributed by atoms with Gasteiger partial charge < -0.3 is 5.11 Å². The molecule has 0 radical (unpaired) electrons. The van der Waals surface area contributed by atoms with Crippen molar-refractivity contribution in [2.75, 3.05) is 20.2 Å². The number of aliphatic hydroxyl groups is 1. The highest BCUT2D eigenvalue weighted by molar-refractivity contribution is 4.86. The van der Waals surface area contributed by atoms with Crippen LogP contribution in [0.25, 0.3) is 0 Å². The van der Waals surface area contributed by atoms with Crippen LogP contribution >= 0.6 is 0 Å². The Labute approximate surface area is 59.8 Å². The van der Waals surface area contributed by atoms with E-state index in [1.165, 1.54) is 0 Å². The highest BCUT2D eigenvalue weighted by Gasteiger charge is 2.29. The zero-order valence-electron chi connectivity index (χ0n) is 6.03. The van der Waals surface area contributed by atoms with Gasteiger partial charge in [-0.3, -0.25) is 4.90 Å². The number of likely N-dealkylation sites (tertiary alicyclic amines) is 1. The van der Waals surface area contributed by atoms with E-state index in [2.05, 4.69) is 5.18 Å². The SMILES string of the molecule is CN1CC(N=O)C[C@H]1CO. The van der Waals surface area contributed by atoms with Gasteiger partial charge in [0.2, 0.25) is 0 Å². The Morgan fingerprint density at radius 2 is 2.50 bits per heavy atom. The quantitative estimate of drug-likeness (QED) is 0.547. The maximum Gasteiger partial charge on any atom is 0.106 e. The molecule has 0 saturated carbocycles. The molecule has 2 atom stereocenters. The number of aliphatic hydroxyl groups excluding tert-OH is 1. The minimum absolute atomic E-state index is 0.109. The lowest BCUT2D eigenvalue weighted by atomic mass is 10.2. The zero-order valence-corrected chi connectivity index (χ0v) is 6.03. The van der Waals surface area contributed by atoms with Gasteiger partial charge in [-0.15, -0.1) is 0 Å². The van der Waals surface area contributed by atoms with E-state index in [9.17, 15) is 4.91 Å². The van der Waals surface area contributed by atoms with E-state index < -0.39 is 0 Å². The van der Waals surface area contributed by atoms with Crippen LogP contribution in [-0.2, 0) is 0 Å². The molecule has 1 fully saturated rings. The molecule has 0 aromatic carbocycles. The second-order valence-electron chi connectivity index (χ2n) is 2.77. The summed E-state index contributed by atoms with van der Waals surface area (Å²) in [5.74, 6) is 0. The molecule has 10 heavy (non-hydrogen) atoms. The molecule has 1 aliphatic rings. The van der Waals surface area contributed by atoms with Crippen molar-refractivity contribution < 1.29 is 5.11 Å². The van der Waals surface area contributed by atoms with E-state index >= 15 is 0 Å². The summed E-state index contributed by atoms with van der Waals surface area (Å²) in [5.41, 5.74) is 0. The van der Waals surface area contributed by atoms with Crippen LogP contribution in [0.2, 0.25) is 0 Å². The Morgan fingerprint density at radius 3 is 2.80 bits per heavy atom. The zero-order chi connectivity index (χ0) is 7.56. The number of nitrogens with zero attached hydrogens (tertiary/aromatic N) is 2. The van der Waals surface area contributed by atoms with E-state index in [1.54, 1.807) is 0 Å². The topological polar surface area (TPSA) is 52.9 Å². The lowest BCUT2D eigenvalue weighted by Gasteiger charge is -2.14. The van der Waals surface area contributed by atoms with Gasteiger partial charge in [-0.1, -0.05) is 5.18 Å². The summed E-state index contributed by atoms with van der Waals surface area (Å²) in [7, 11) is 1.89. The fourth-order valence-electron chi connectivity index (χ4n) is 1.34. The first-order chi connectivity index (χ1) is 4.77. The van der Waals surface area contributed by atoms with Gasteiger partial charge in [-0.25, -0.2) is 0 Å². The summed E-state index contributed by atoms with van der Waals surface area (Å²) in [5, 5.41) is 11.7. The Bertz CT molecular complexity index is 129. The number of nitroso groups, excluding NO2 is 1. The van der Waals surface area contributed by atoms with Gasteiger partial charge in [0, 0.05) is 12.6 Å². The molecule has 1 rings (SSSR count). The van der Waals surface area contributed by atoms with Gasteiger partial charge in [0.15, 0.2) is 0 Å². The van der Waals surface area contributed by atoms with Crippen LogP contribution in [-0.4, -0.2) is 42.3 Å². The molecule has 0 spiro atoms. The number of likely N-dealkylation sites (N-methyl/N-ethyl adjacent to an activating group) is 1. The highest BCUT2D eigenvalue weighted by atomic mass is 16.3. The average molecular weight is 144 g/mol. The summed E-state index contributed by atoms with van der Waals surface area (Å²) >= 11 is 0. The summed E-state index contributed by atoms with van der Waals surface area (Å²) < 4.78 is 0. The molecule has 0 aromatic heterocycles. The molecule has 1 unspecified atom stereocenters. The number of hydrogen-bond donors (Lipinski definition) is 1. The van der Waals surface area contributed by atoms with Gasteiger partial charge in [-0.2, -0.15) is 4.91 Å². The van der Waals surface area contributed by atoms with Gasteiger partial charge in [0.05, 0.1) is 6.61 Å². The Hall–Kier alpha value is -0.480. The minimum atomic E-state index is -0.109. The average Bonchev–Trinajstić information content (AvgIpc) is 2.30. The molecule has 0 aromatic rings. The normalized spacial score (nSPS) is 34.6. The molecule has 4 heteroatoms. The first-order valence-electron chi connectivity index (χ1n) is 3.41. The van der Waals surface area contributed by atoms with Crippen LogP contribution in [0, 0.1) is 4.91 Å². The molecule has 1 saturated heterocycles. The van der Waals surface area contributed by atoms with Gasteiger partial charge in [0.1, 0.15) is 6.04 Å². The lowest BCUT2D eigenvalue weighted by molar-refractivity contribution is 0.182. The lowest BCUT2D eigenvalue weighted by Crippen LogP contribution is -2.27. The fourth-order valence-corrected chi connectivity index (χ4v) is 1.34. The van der Waals surface area contributed by atoms with Crippen LogP contribution in [0.1, 0.15) is 6.42 Å². The fraction of sp³-hybridized carbons (Fsp3) is 1.00. The van der Waals surface area contributed by atoms with Crippen molar-refractivity contribution in [1.82, 2.24) is 4.90 Å².